The molecule has 3 aromatic heterocycles. The highest BCUT2D eigenvalue weighted by Gasteiger charge is 2.16. The van der Waals surface area contributed by atoms with Gasteiger partial charge in [0.2, 0.25) is 5.82 Å². The minimum Gasteiger partial charge on any atom is -0.236 e. The van der Waals surface area contributed by atoms with Crippen molar-refractivity contribution in [2.45, 2.75) is 6.43 Å². The van der Waals surface area contributed by atoms with Crippen molar-refractivity contribution in [3.63, 3.8) is 0 Å². The van der Waals surface area contributed by atoms with Crippen molar-refractivity contribution in [3.05, 3.63) is 60.6 Å². The van der Waals surface area contributed by atoms with Crippen molar-refractivity contribution in [2.24, 2.45) is 0 Å². The minimum atomic E-state index is -2.56. The Morgan fingerprint density at radius 3 is 2.74 bits per heavy atom. The van der Waals surface area contributed by atoms with Crippen LogP contribution in [0.5, 0.6) is 0 Å². The van der Waals surface area contributed by atoms with Gasteiger partial charge >= 0.3 is 0 Å². The lowest BCUT2D eigenvalue weighted by atomic mass is 9.97. The molecule has 2 aromatic carbocycles. The van der Waals surface area contributed by atoms with Crippen LogP contribution in [0.2, 0.25) is 0 Å². The molecule has 0 amide bonds. The molecule has 0 saturated heterocycles. The zero-order valence-electron chi connectivity index (χ0n) is 13.7. The Morgan fingerprint density at radius 2 is 1.93 bits per heavy atom. The highest BCUT2D eigenvalue weighted by atomic mass is 19.3. The van der Waals surface area contributed by atoms with Gasteiger partial charge in [-0.1, -0.05) is 24.3 Å². The monoisotopic (exact) mass is 363 g/mol. The van der Waals surface area contributed by atoms with Gasteiger partial charge in [-0.05, 0) is 33.7 Å². The molecular formula is C18H11F2N7. The molecule has 5 aromatic rings. The summed E-state index contributed by atoms with van der Waals surface area (Å²) in [5, 5.41) is 19.7. The molecule has 5 rings (SSSR count). The SMILES string of the molecule is FC(F)c1cc(-c2cnc3c(-c4nn[nH]n4)cnn3c2)c2ccccc2c1. The average molecular weight is 363 g/mol. The number of hydrogen-bond acceptors (Lipinski definition) is 5. The fraction of sp³-hybridized carbons (Fsp3) is 0.0556. The Kier molecular flexibility index (Phi) is 3.39. The summed E-state index contributed by atoms with van der Waals surface area (Å²) < 4.78 is 28.3. The van der Waals surface area contributed by atoms with Crippen molar-refractivity contribution >= 4 is 16.4 Å². The molecule has 132 valence electrons. The molecule has 3 heterocycles. The van der Waals surface area contributed by atoms with Crippen LogP contribution >= 0.6 is 0 Å². The lowest BCUT2D eigenvalue weighted by Gasteiger charge is -2.10. The van der Waals surface area contributed by atoms with Crippen LogP contribution in [0.1, 0.15) is 12.0 Å². The third kappa shape index (κ3) is 2.51. The maximum Gasteiger partial charge on any atom is 0.263 e. The number of H-pyrrole nitrogens is 1. The largest absolute Gasteiger partial charge is 0.263 e. The van der Waals surface area contributed by atoms with Crippen LogP contribution in [0.25, 0.3) is 38.9 Å². The van der Waals surface area contributed by atoms with E-state index < -0.39 is 6.43 Å². The van der Waals surface area contributed by atoms with Crippen molar-refractivity contribution in [2.75, 3.05) is 0 Å². The van der Waals surface area contributed by atoms with E-state index in [4.69, 9.17) is 0 Å². The molecule has 0 aliphatic heterocycles. The van der Waals surface area contributed by atoms with Crippen molar-refractivity contribution in [1.29, 1.82) is 0 Å². The number of benzene rings is 2. The van der Waals surface area contributed by atoms with Crippen LogP contribution in [0.4, 0.5) is 8.78 Å². The van der Waals surface area contributed by atoms with Crippen molar-refractivity contribution in [1.82, 2.24) is 35.2 Å². The summed E-state index contributed by atoms with van der Waals surface area (Å²) >= 11 is 0. The highest BCUT2D eigenvalue weighted by Crippen LogP contribution is 2.33. The Labute approximate surface area is 150 Å². The summed E-state index contributed by atoms with van der Waals surface area (Å²) in [7, 11) is 0. The van der Waals surface area contributed by atoms with E-state index in [0.29, 0.717) is 28.2 Å². The molecule has 0 aliphatic carbocycles. The first kappa shape index (κ1) is 15.5. The number of nitrogens with one attached hydrogen (secondary N) is 1. The van der Waals surface area contributed by atoms with Crippen molar-refractivity contribution < 1.29 is 8.78 Å². The minimum absolute atomic E-state index is 0.0308. The standard InChI is InChI=1S/C18H11F2N7/c19-16(20)11-5-10-3-1-2-4-13(10)14(6-11)12-7-21-18-15(8-22-27(18)9-12)17-23-25-26-24-17/h1-9,16H,(H,23,24,25,26). The van der Waals surface area contributed by atoms with Gasteiger partial charge in [0.05, 0.1) is 11.8 Å². The molecule has 27 heavy (non-hydrogen) atoms. The zero-order chi connectivity index (χ0) is 18.4. The van der Waals surface area contributed by atoms with Gasteiger partial charge in [-0.3, -0.25) is 0 Å². The van der Waals surface area contributed by atoms with E-state index in [1.165, 1.54) is 12.1 Å². The van der Waals surface area contributed by atoms with E-state index in [1.807, 2.05) is 24.3 Å². The molecule has 0 bridgehead atoms. The third-order valence-electron chi connectivity index (χ3n) is 4.39. The molecule has 0 radical (unpaired) electrons. The number of nitrogens with zero attached hydrogens (tertiary/aromatic N) is 6. The third-order valence-corrected chi connectivity index (χ3v) is 4.39. The predicted molar refractivity (Wildman–Crippen MR) is 94.1 cm³/mol. The van der Waals surface area contributed by atoms with Gasteiger partial charge in [-0.25, -0.2) is 18.3 Å². The second-order valence-corrected chi connectivity index (χ2v) is 5.99. The number of aromatic amines is 1. The van der Waals surface area contributed by atoms with Crippen LogP contribution in [0.15, 0.2) is 55.0 Å². The second-order valence-electron chi connectivity index (χ2n) is 5.99. The first-order valence-electron chi connectivity index (χ1n) is 8.09. The predicted octanol–water partition coefficient (Wildman–Crippen LogP) is 3.67. The lowest BCUT2D eigenvalue weighted by Crippen LogP contribution is -1.94. The number of aromatic nitrogens is 7. The Bertz CT molecular complexity index is 1260. The summed E-state index contributed by atoms with van der Waals surface area (Å²) in [5.74, 6) is 0.385. The van der Waals surface area contributed by atoms with Gasteiger partial charge in [-0.2, -0.15) is 10.3 Å². The summed E-state index contributed by atoms with van der Waals surface area (Å²) in [6.07, 6.45) is 2.42. The summed E-state index contributed by atoms with van der Waals surface area (Å²) in [4.78, 5) is 4.45. The molecule has 0 unspecified atom stereocenters. The Morgan fingerprint density at radius 1 is 1.04 bits per heavy atom. The van der Waals surface area contributed by atoms with Crippen molar-refractivity contribution in [3.8, 4) is 22.5 Å². The van der Waals surface area contributed by atoms with Gasteiger partial charge in [0.25, 0.3) is 6.43 Å². The summed E-state index contributed by atoms with van der Waals surface area (Å²) in [5.41, 5.74) is 2.51. The molecule has 1 N–H and O–H groups in total. The fourth-order valence-corrected chi connectivity index (χ4v) is 3.15. The Hall–Kier alpha value is -3.75. The molecule has 7 nitrogen and oxygen atoms in total. The van der Waals surface area contributed by atoms with E-state index >= 15 is 0 Å². The fourth-order valence-electron chi connectivity index (χ4n) is 3.15. The maximum atomic E-state index is 13.3. The summed E-state index contributed by atoms with van der Waals surface area (Å²) in [6.45, 7) is 0. The van der Waals surface area contributed by atoms with E-state index in [2.05, 4.69) is 30.7 Å². The molecule has 0 aliphatic rings. The molecule has 0 fully saturated rings. The lowest BCUT2D eigenvalue weighted by molar-refractivity contribution is 0.151. The molecule has 0 spiro atoms. The number of hydrogen-bond donors (Lipinski definition) is 1. The van der Waals surface area contributed by atoms with E-state index in [0.717, 1.165) is 10.8 Å². The van der Waals surface area contributed by atoms with Gasteiger partial charge in [0.15, 0.2) is 5.65 Å². The smallest absolute Gasteiger partial charge is 0.236 e. The number of alkyl halides is 2. The number of halogens is 2. The van der Waals surface area contributed by atoms with Gasteiger partial charge < -0.3 is 0 Å². The average Bonchev–Trinajstić information content (AvgIpc) is 3.35. The quantitative estimate of drug-likeness (QED) is 0.529. The molecule has 0 atom stereocenters. The van der Waals surface area contributed by atoms with Crippen LogP contribution in [0, 0.1) is 0 Å². The molecule has 0 saturated carbocycles. The maximum absolute atomic E-state index is 13.3. The normalized spacial score (nSPS) is 11.7. The number of rotatable bonds is 3. The summed E-state index contributed by atoms with van der Waals surface area (Å²) in [6, 6.07) is 10.4. The van der Waals surface area contributed by atoms with E-state index in [9.17, 15) is 8.78 Å². The van der Waals surface area contributed by atoms with Gasteiger partial charge in [-0.15, -0.1) is 10.2 Å². The zero-order valence-corrected chi connectivity index (χ0v) is 13.7. The van der Waals surface area contributed by atoms with Crippen LogP contribution in [-0.2, 0) is 0 Å². The second kappa shape index (κ2) is 5.90. The highest BCUT2D eigenvalue weighted by molar-refractivity contribution is 5.97. The number of fused-ring (bicyclic) bond motifs is 2. The van der Waals surface area contributed by atoms with Crippen LogP contribution in [-0.4, -0.2) is 35.2 Å². The van der Waals surface area contributed by atoms with Crippen LogP contribution < -0.4 is 0 Å². The van der Waals surface area contributed by atoms with Gasteiger partial charge in [0.1, 0.15) is 0 Å². The number of tetrazole rings is 1. The first-order valence-corrected chi connectivity index (χ1v) is 8.09. The van der Waals surface area contributed by atoms with Crippen LogP contribution in [0.3, 0.4) is 0 Å². The molecule has 9 heteroatoms. The van der Waals surface area contributed by atoms with Gasteiger partial charge in [0, 0.05) is 23.5 Å². The van der Waals surface area contributed by atoms with E-state index in [1.54, 1.807) is 23.1 Å². The van der Waals surface area contributed by atoms with E-state index in [-0.39, 0.29) is 5.56 Å². The Balaban J connectivity index is 1.72. The first-order chi connectivity index (χ1) is 13.2. The topological polar surface area (TPSA) is 84.6 Å². The molecular weight excluding hydrogens is 352 g/mol.